The zero-order valence-electron chi connectivity index (χ0n) is 16.3. The Hall–Kier alpha value is -2.40. The maximum atomic E-state index is 13.9. The van der Waals surface area contributed by atoms with E-state index in [1.165, 1.54) is 6.07 Å². The van der Waals surface area contributed by atoms with Gasteiger partial charge in [0.05, 0.1) is 5.92 Å². The molecular formula is C23H27FN2O2. The molecule has 0 saturated carbocycles. The lowest BCUT2D eigenvalue weighted by atomic mass is 9.74. The maximum absolute atomic E-state index is 13.9. The summed E-state index contributed by atoms with van der Waals surface area (Å²) in [5, 5.41) is 9.69. The lowest BCUT2D eigenvalue weighted by Crippen LogP contribution is -2.47. The van der Waals surface area contributed by atoms with Crippen molar-refractivity contribution >= 4 is 11.7 Å². The van der Waals surface area contributed by atoms with Crippen LogP contribution >= 0.6 is 0 Å². The van der Waals surface area contributed by atoms with Gasteiger partial charge in [0, 0.05) is 31.2 Å². The number of halogens is 1. The van der Waals surface area contributed by atoms with Crippen LogP contribution in [0, 0.1) is 11.7 Å². The number of anilines is 1. The van der Waals surface area contributed by atoms with Gasteiger partial charge in [-0.05, 0) is 61.7 Å². The van der Waals surface area contributed by atoms with E-state index in [9.17, 15) is 14.3 Å². The van der Waals surface area contributed by atoms with Gasteiger partial charge in [-0.3, -0.25) is 4.79 Å². The molecule has 4 nitrogen and oxygen atoms in total. The third-order valence-electron chi connectivity index (χ3n) is 6.45. The molecule has 2 aliphatic heterocycles. The molecule has 1 atom stereocenters. The monoisotopic (exact) mass is 382 g/mol. The summed E-state index contributed by atoms with van der Waals surface area (Å²) < 4.78 is 13.9. The van der Waals surface area contributed by atoms with Crippen molar-refractivity contribution < 1.29 is 14.3 Å². The number of aliphatic carboxylic acids is 1. The SMILES string of the molecule is CN1CC2(CCN(CC(Cc3ccccc3)C(=O)O)CC2)c2cc(F)ccc21. The van der Waals surface area contributed by atoms with Crippen molar-refractivity contribution in [3.63, 3.8) is 0 Å². The van der Waals surface area contributed by atoms with Gasteiger partial charge in [0.1, 0.15) is 5.82 Å². The Morgan fingerprint density at radius 2 is 1.89 bits per heavy atom. The molecule has 1 fully saturated rings. The number of benzene rings is 2. The quantitative estimate of drug-likeness (QED) is 0.859. The lowest BCUT2D eigenvalue weighted by Gasteiger charge is -2.40. The number of piperidine rings is 1. The normalized spacial score (nSPS) is 19.6. The van der Waals surface area contributed by atoms with E-state index >= 15 is 0 Å². The molecule has 1 unspecified atom stereocenters. The van der Waals surface area contributed by atoms with Crippen LogP contribution in [-0.2, 0) is 16.6 Å². The van der Waals surface area contributed by atoms with E-state index in [1.807, 2.05) is 36.4 Å². The number of rotatable bonds is 5. The Morgan fingerprint density at radius 3 is 2.57 bits per heavy atom. The average Bonchev–Trinajstić information content (AvgIpc) is 2.95. The number of carboxylic acid groups (broad SMARTS) is 1. The van der Waals surface area contributed by atoms with Gasteiger partial charge in [-0.25, -0.2) is 4.39 Å². The van der Waals surface area contributed by atoms with Gasteiger partial charge in [0.25, 0.3) is 0 Å². The van der Waals surface area contributed by atoms with Gasteiger partial charge in [0.2, 0.25) is 0 Å². The highest BCUT2D eigenvalue weighted by molar-refractivity contribution is 5.70. The number of carboxylic acids is 1. The van der Waals surface area contributed by atoms with E-state index < -0.39 is 11.9 Å². The van der Waals surface area contributed by atoms with Gasteiger partial charge in [-0.2, -0.15) is 0 Å². The Morgan fingerprint density at radius 1 is 1.18 bits per heavy atom. The molecule has 2 aliphatic rings. The second-order valence-corrected chi connectivity index (χ2v) is 8.32. The summed E-state index contributed by atoms with van der Waals surface area (Å²) in [5.74, 6) is -1.32. The summed E-state index contributed by atoms with van der Waals surface area (Å²) in [4.78, 5) is 16.3. The van der Waals surface area contributed by atoms with Crippen LogP contribution < -0.4 is 4.90 Å². The minimum absolute atomic E-state index is 0.0131. The fourth-order valence-electron chi connectivity index (χ4n) is 4.92. The molecular weight excluding hydrogens is 355 g/mol. The van der Waals surface area contributed by atoms with Crippen LogP contribution in [0.3, 0.4) is 0 Å². The number of likely N-dealkylation sites (tertiary alicyclic amines) is 1. The Kier molecular flexibility index (Phi) is 5.11. The first-order valence-corrected chi connectivity index (χ1v) is 9.97. The fraction of sp³-hybridized carbons (Fsp3) is 0.435. The van der Waals surface area contributed by atoms with E-state index in [2.05, 4.69) is 16.8 Å². The summed E-state index contributed by atoms with van der Waals surface area (Å²) in [6, 6.07) is 14.9. The van der Waals surface area contributed by atoms with E-state index in [1.54, 1.807) is 6.07 Å². The summed E-state index contributed by atoms with van der Waals surface area (Å²) >= 11 is 0. The summed E-state index contributed by atoms with van der Waals surface area (Å²) in [6.07, 6.45) is 2.42. The van der Waals surface area contributed by atoms with Crippen molar-refractivity contribution in [2.45, 2.75) is 24.7 Å². The molecule has 1 saturated heterocycles. The van der Waals surface area contributed by atoms with Crippen LogP contribution in [0.25, 0.3) is 0 Å². The predicted octanol–water partition coefficient (Wildman–Crippen LogP) is 3.55. The number of nitrogens with zero attached hydrogens (tertiary/aromatic N) is 2. The number of fused-ring (bicyclic) bond motifs is 2. The van der Waals surface area contributed by atoms with Crippen molar-refractivity contribution in [1.82, 2.24) is 4.90 Å². The minimum Gasteiger partial charge on any atom is -0.481 e. The standard InChI is InChI=1S/C23H27FN2O2/c1-25-16-23(20-14-19(24)7-8-21(20)25)9-11-26(12-10-23)15-18(22(27)28)13-17-5-3-2-4-6-17/h2-8,14,18H,9-13,15-16H2,1H3,(H,27,28). The Labute approximate surface area is 165 Å². The molecule has 2 heterocycles. The molecule has 0 aliphatic carbocycles. The minimum atomic E-state index is -0.739. The number of hydrogen-bond donors (Lipinski definition) is 1. The molecule has 0 bridgehead atoms. The zero-order valence-corrected chi connectivity index (χ0v) is 16.3. The maximum Gasteiger partial charge on any atom is 0.308 e. The molecule has 2 aromatic rings. The molecule has 0 aromatic heterocycles. The summed E-state index contributed by atoms with van der Waals surface area (Å²) in [5.41, 5.74) is 3.29. The molecule has 2 aromatic carbocycles. The smallest absolute Gasteiger partial charge is 0.308 e. The summed E-state index contributed by atoms with van der Waals surface area (Å²) in [7, 11) is 2.07. The second kappa shape index (κ2) is 7.55. The molecule has 148 valence electrons. The first-order valence-electron chi connectivity index (χ1n) is 9.97. The third-order valence-corrected chi connectivity index (χ3v) is 6.45. The zero-order chi connectivity index (χ0) is 19.7. The van der Waals surface area contributed by atoms with Crippen LogP contribution in [0.1, 0.15) is 24.0 Å². The highest BCUT2D eigenvalue weighted by atomic mass is 19.1. The van der Waals surface area contributed by atoms with Crippen LogP contribution in [0.15, 0.2) is 48.5 Å². The first kappa shape index (κ1) is 18.9. The average molecular weight is 382 g/mol. The summed E-state index contributed by atoms with van der Waals surface area (Å²) in [6.45, 7) is 3.17. The number of likely N-dealkylation sites (N-methyl/N-ethyl adjacent to an activating group) is 1. The van der Waals surface area contributed by atoms with E-state index in [4.69, 9.17) is 0 Å². The number of hydrogen-bond acceptors (Lipinski definition) is 3. The van der Waals surface area contributed by atoms with E-state index in [0.29, 0.717) is 13.0 Å². The van der Waals surface area contributed by atoms with Crippen molar-refractivity contribution in [1.29, 1.82) is 0 Å². The Bertz CT molecular complexity index is 847. The van der Waals surface area contributed by atoms with E-state index in [-0.39, 0.29) is 11.2 Å². The molecule has 4 rings (SSSR count). The van der Waals surface area contributed by atoms with Gasteiger partial charge in [-0.1, -0.05) is 30.3 Å². The highest BCUT2D eigenvalue weighted by Crippen LogP contribution is 2.46. The first-order chi connectivity index (χ1) is 13.5. The van der Waals surface area contributed by atoms with Gasteiger partial charge >= 0.3 is 5.97 Å². The largest absolute Gasteiger partial charge is 0.481 e. The van der Waals surface area contributed by atoms with E-state index in [0.717, 1.165) is 49.3 Å². The molecule has 0 amide bonds. The Balaban J connectivity index is 1.43. The molecule has 5 heteroatoms. The lowest BCUT2D eigenvalue weighted by molar-refractivity contribution is -0.142. The van der Waals surface area contributed by atoms with Crippen LogP contribution in [0.5, 0.6) is 0 Å². The third kappa shape index (κ3) is 3.63. The van der Waals surface area contributed by atoms with Gasteiger partial charge < -0.3 is 14.9 Å². The van der Waals surface area contributed by atoms with Gasteiger partial charge in [0.15, 0.2) is 0 Å². The van der Waals surface area contributed by atoms with Gasteiger partial charge in [-0.15, -0.1) is 0 Å². The molecule has 0 radical (unpaired) electrons. The second-order valence-electron chi connectivity index (χ2n) is 8.32. The van der Waals surface area contributed by atoms with Crippen LogP contribution in [0.4, 0.5) is 10.1 Å². The molecule has 1 N–H and O–H groups in total. The topological polar surface area (TPSA) is 43.8 Å². The van der Waals surface area contributed by atoms with Crippen molar-refractivity contribution in [2.75, 3.05) is 38.1 Å². The fourth-order valence-corrected chi connectivity index (χ4v) is 4.92. The van der Waals surface area contributed by atoms with Crippen molar-refractivity contribution in [3.05, 3.63) is 65.5 Å². The predicted molar refractivity (Wildman–Crippen MR) is 108 cm³/mol. The molecule has 28 heavy (non-hydrogen) atoms. The van der Waals surface area contributed by atoms with Crippen molar-refractivity contribution in [2.24, 2.45) is 5.92 Å². The highest BCUT2D eigenvalue weighted by Gasteiger charge is 2.44. The van der Waals surface area contributed by atoms with Crippen LogP contribution in [-0.4, -0.2) is 49.2 Å². The van der Waals surface area contributed by atoms with Crippen molar-refractivity contribution in [3.8, 4) is 0 Å². The molecule has 1 spiro atoms. The van der Waals surface area contributed by atoms with Crippen LogP contribution in [0.2, 0.25) is 0 Å². The number of carbonyl (C=O) groups is 1.